The van der Waals surface area contributed by atoms with Crippen LogP contribution in [-0.4, -0.2) is 48.9 Å². The second kappa shape index (κ2) is 15.7. The lowest BCUT2D eigenvalue weighted by Crippen LogP contribution is -2.43. The Balaban J connectivity index is 1.31. The highest BCUT2D eigenvalue weighted by Crippen LogP contribution is 2.38. The number of halogens is 1. The minimum atomic E-state index is -1.52. The highest BCUT2D eigenvalue weighted by Gasteiger charge is 2.49. The number of nitrogens with zero attached hydrogens (tertiary/aromatic N) is 4. The molecule has 9 nitrogen and oxygen atoms in total. The highest BCUT2D eigenvalue weighted by atomic mass is 19.1. The summed E-state index contributed by atoms with van der Waals surface area (Å²) < 4.78 is 26.5. The summed E-state index contributed by atoms with van der Waals surface area (Å²) in [5.41, 5.74) is 4.54. The summed E-state index contributed by atoms with van der Waals surface area (Å²) in [5, 5.41) is 10.7. The molecule has 216 valence electrons. The van der Waals surface area contributed by atoms with Crippen LogP contribution in [0, 0.1) is 18.4 Å². The second-order valence-electron chi connectivity index (χ2n) is 10.6. The molecule has 0 spiro atoms. The van der Waals surface area contributed by atoms with Gasteiger partial charge in [-0.1, -0.05) is 96.3 Å². The highest BCUT2D eigenvalue weighted by molar-refractivity contribution is 5.81. The van der Waals surface area contributed by atoms with Crippen LogP contribution in [-0.2, 0) is 14.3 Å². The molecule has 1 fully saturated rings. The van der Waals surface area contributed by atoms with Gasteiger partial charge in [-0.25, -0.2) is 4.98 Å². The molecule has 0 radical (unpaired) electrons. The van der Waals surface area contributed by atoms with Crippen molar-refractivity contribution >= 4 is 23.0 Å². The number of ether oxygens (including phenoxy) is 2. The van der Waals surface area contributed by atoms with Gasteiger partial charge in [-0.3, -0.25) is 9.36 Å². The number of aromatic nitrogens is 4. The van der Waals surface area contributed by atoms with Crippen molar-refractivity contribution in [3.05, 3.63) is 12.4 Å². The monoisotopic (exact) mass is 545 g/mol. The van der Waals surface area contributed by atoms with E-state index >= 15 is 0 Å². The smallest absolute Gasteiger partial charge is 0.312 e. The lowest BCUT2D eigenvalue weighted by atomic mass is 9.99. The third kappa shape index (κ3) is 8.87. The Labute approximate surface area is 231 Å². The van der Waals surface area contributed by atoms with Crippen LogP contribution in [0.15, 0.2) is 6.33 Å². The number of unbranched alkanes of at least 4 members (excludes halogenated alkanes) is 13. The minimum Gasteiger partial charge on any atom is -0.461 e. The van der Waals surface area contributed by atoms with E-state index in [1.54, 1.807) is 0 Å². The van der Waals surface area contributed by atoms with Crippen molar-refractivity contribution in [2.75, 3.05) is 12.3 Å². The number of terminal acetylenes is 1. The molecule has 2 aromatic rings. The van der Waals surface area contributed by atoms with E-state index in [1.165, 1.54) is 81.5 Å². The number of nitrogens with two attached hydrogens (primary N) is 1. The van der Waals surface area contributed by atoms with E-state index < -0.39 is 24.0 Å². The number of anilines is 1. The molecule has 0 unspecified atom stereocenters. The largest absolute Gasteiger partial charge is 0.461 e. The molecule has 3 heterocycles. The van der Waals surface area contributed by atoms with Crippen molar-refractivity contribution in [2.45, 2.75) is 128 Å². The van der Waals surface area contributed by atoms with E-state index in [-0.39, 0.29) is 36.0 Å². The van der Waals surface area contributed by atoms with Gasteiger partial charge in [0.1, 0.15) is 18.9 Å². The van der Waals surface area contributed by atoms with Crippen LogP contribution in [0.2, 0.25) is 0 Å². The molecule has 0 saturated carbocycles. The van der Waals surface area contributed by atoms with Gasteiger partial charge < -0.3 is 20.3 Å². The third-order valence-electron chi connectivity index (χ3n) is 7.47. The van der Waals surface area contributed by atoms with E-state index in [9.17, 15) is 14.3 Å². The lowest BCUT2D eigenvalue weighted by molar-refractivity contribution is -0.156. The third-order valence-corrected chi connectivity index (χ3v) is 7.47. The molecule has 1 aliphatic rings. The number of rotatable bonds is 18. The summed E-state index contributed by atoms with van der Waals surface area (Å²) in [4.78, 5) is 23.6. The maximum Gasteiger partial charge on any atom is 0.312 e. The Morgan fingerprint density at radius 3 is 2.31 bits per heavy atom. The number of nitrogen functional groups attached to an aromatic ring is 1. The van der Waals surface area contributed by atoms with E-state index in [4.69, 9.17) is 21.6 Å². The van der Waals surface area contributed by atoms with Gasteiger partial charge in [0, 0.05) is 12.8 Å². The predicted octanol–water partition coefficient (Wildman–Crippen LogP) is 5.61. The van der Waals surface area contributed by atoms with Gasteiger partial charge in [0.2, 0.25) is 0 Å². The first-order valence-corrected chi connectivity index (χ1v) is 14.5. The van der Waals surface area contributed by atoms with E-state index in [0.29, 0.717) is 6.42 Å². The molecule has 0 bridgehead atoms. The van der Waals surface area contributed by atoms with E-state index in [1.807, 2.05) is 0 Å². The average Bonchev–Trinajstić information content (AvgIpc) is 3.48. The number of hydrogen-bond donors (Lipinski definition) is 2. The van der Waals surface area contributed by atoms with Gasteiger partial charge in [0.25, 0.3) is 0 Å². The zero-order chi connectivity index (χ0) is 28.1. The fourth-order valence-corrected chi connectivity index (χ4v) is 5.07. The first-order chi connectivity index (χ1) is 18.9. The van der Waals surface area contributed by atoms with Crippen LogP contribution >= 0.6 is 0 Å². The molecular formula is C29H44FN5O4. The maximum absolute atomic E-state index is 13.7. The van der Waals surface area contributed by atoms with E-state index in [2.05, 4.69) is 27.8 Å². The van der Waals surface area contributed by atoms with Gasteiger partial charge in [0.05, 0.1) is 6.33 Å². The van der Waals surface area contributed by atoms with Gasteiger partial charge >= 0.3 is 12.0 Å². The van der Waals surface area contributed by atoms with Crippen molar-refractivity contribution in [1.29, 1.82) is 0 Å². The van der Waals surface area contributed by atoms with Gasteiger partial charge in [0.15, 0.2) is 22.6 Å². The van der Waals surface area contributed by atoms with Gasteiger partial charge in [-0.15, -0.1) is 6.42 Å². The first-order valence-electron chi connectivity index (χ1n) is 14.5. The maximum atomic E-state index is 13.7. The fourth-order valence-electron chi connectivity index (χ4n) is 5.07. The van der Waals surface area contributed by atoms with Crippen molar-refractivity contribution in [1.82, 2.24) is 19.5 Å². The minimum absolute atomic E-state index is 0.0810. The van der Waals surface area contributed by atoms with E-state index in [0.717, 1.165) is 19.3 Å². The lowest BCUT2D eigenvalue weighted by Gasteiger charge is -2.26. The Hall–Kier alpha value is -2.77. The zero-order valence-corrected chi connectivity index (χ0v) is 23.2. The molecule has 3 N–H and O–H groups in total. The van der Waals surface area contributed by atoms with Gasteiger partial charge in [-0.05, 0) is 6.42 Å². The summed E-state index contributed by atoms with van der Waals surface area (Å²) in [6.07, 6.45) is 21.9. The predicted molar refractivity (Wildman–Crippen MR) is 148 cm³/mol. The second-order valence-corrected chi connectivity index (χ2v) is 10.6. The molecule has 10 heteroatoms. The normalized spacial score (nSPS) is 20.9. The average molecular weight is 546 g/mol. The number of hydrogen-bond acceptors (Lipinski definition) is 8. The van der Waals surface area contributed by atoms with Crippen LogP contribution in [0.4, 0.5) is 10.2 Å². The number of fused-ring (bicyclic) bond motifs is 1. The van der Waals surface area contributed by atoms with Gasteiger partial charge in [-0.2, -0.15) is 14.4 Å². The molecule has 0 aliphatic carbocycles. The molecule has 0 aromatic carbocycles. The molecule has 3 atom stereocenters. The molecule has 1 aliphatic heterocycles. The number of esters is 1. The number of aliphatic hydroxyl groups excluding tert-OH is 1. The molecule has 0 amide bonds. The molecule has 39 heavy (non-hydrogen) atoms. The van der Waals surface area contributed by atoms with Crippen molar-refractivity contribution in [2.24, 2.45) is 0 Å². The summed E-state index contributed by atoms with van der Waals surface area (Å²) in [5.74, 6) is 1.97. The summed E-state index contributed by atoms with van der Waals surface area (Å²) in [6, 6.07) is 0. The number of imidazole rings is 1. The number of aliphatic hydroxyl groups is 1. The number of carbonyl (C=O) groups is 1. The fraction of sp³-hybridized carbons (Fsp3) is 0.724. The zero-order valence-electron chi connectivity index (χ0n) is 23.2. The molecule has 2 aromatic heterocycles. The molecule has 3 rings (SSSR count). The Morgan fingerprint density at radius 1 is 1.13 bits per heavy atom. The van der Waals surface area contributed by atoms with Crippen LogP contribution < -0.4 is 5.73 Å². The summed E-state index contributed by atoms with van der Waals surface area (Å²) >= 11 is 0. The summed E-state index contributed by atoms with van der Waals surface area (Å²) in [6.45, 7) is 1.97. The van der Waals surface area contributed by atoms with Crippen LogP contribution in [0.3, 0.4) is 0 Å². The van der Waals surface area contributed by atoms with Crippen LogP contribution in [0.1, 0.15) is 116 Å². The molecular weight excluding hydrogens is 501 g/mol. The Morgan fingerprint density at radius 2 is 1.72 bits per heavy atom. The Bertz CT molecular complexity index is 1090. The quantitative estimate of drug-likeness (QED) is 0.107. The summed E-state index contributed by atoms with van der Waals surface area (Å²) in [7, 11) is 0. The van der Waals surface area contributed by atoms with Crippen molar-refractivity contribution < 1.29 is 23.8 Å². The first kappa shape index (κ1) is 30.8. The number of carbonyl (C=O) groups excluding carboxylic acids is 1. The van der Waals surface area contributed by atoms with Crippen molar-refractivity contribution in [3.8, 4) is 12.3 Å². The van der Waals surface area contributed by atoms with Crippen molar-refractivity contribution in [3.63, 3.8) is 0 Å². The standard InChI is InChI=1S/C29H44FN5O4/c1-3-5-6-7-8-9-10-11-12-13-14-15-16-17-18-24(37)38-20-29(4-2)22(36)19-23(39-29)35-21-32-25-26(31)33-28(30)34-27(25)35/h2,21-23,36H,3,5-20H2,1H3,(H2,31,33,34)/t22-,23+,29+/m0/s1. The molecule has 1 saturated heterocycles. The SMILES string of the molecule is C#C[C@]1(COC(=O)CCCCCCCCCCCCCCCC)O[C@@H](n2cnc3c(N)nc(F)nc32)C[C@@H]1O. The Kier molecular flexibility index (Phi) is 12.4. The van der Waals surface area contributed by atoms with Crippen LogP contribution in [0.5, 0.6) is 0 Å². The topological polar surface area (TPSA) is 125 Å². The van der Waals surface area contributed by atoms with Crippen LogP contribution in [0.25, 0.3) is 11.2 Å².